The van der Waals surface area contributed by atoms with Crippen molar-refractivity contribution < 1.29 is 9.30 Å². The van der Waals surface area contributed by atoms with Crippen molar-refractivity contribution in [3.05, 3.63) is 187 Å². The molecule has 65 heavy (non-hydrogen) atoms. The average molecular weight is 855 g/mol. The van der Waals surface area contributed by atoms with Crippen LogP contribution in [0.1, 0.15) is 105 Å². The molecule has 0 unspecified atom stereocenters. The molecule has 0 aliphatic rings. The van der Waals surface area contributed by atoms with E-state index < -0.39 is 0 Å². The number of para-hydroxylation sites is 1. The zero-order valence-corrected chi connectivity index (χ0v) is 40.2. The van der Waals surface area contributed by atoms with Crippen LogP contribution >= 0.6 is 0 Å². The molecule has 6 aromatic carbocycles. The van der Waals surface area contributed by atoms with Gasteiger partial charge in [0.15, 0.2) is 0 Å². The number of pyridine rings is 1. The van der Waals surface area contributed by atoms with Gasteiger partial charge in [0.1, 0.15) is 17.3 Å². The molecule has 3 heterocycles. The molecule has 0 atom stereocenters. The molecule has 0 N–H and O–H groups in total. The summed E-state index contributed by atoms with van der Waals surface area (Å²) in [5.41, 5.74) is 13.4. The number of fused-ring (bicyclic) bond motifs is 3. The number of hydrogen-bond acceptors (Lipinski definition) is 2. The Morgan fingerprint density at radius 3 is 1.71 bits per heavy atom. The van der Waals surface area contributed by atoms with E-state index >= 15 is 0 Å². The largest absolute Gasteiger partial charge is 0.458 e. The summed E-state index contributed by atoms with van der Waals surface area (Å²) in [6.45, 7) is 27.3. The van der Waals surface area contributed by atoms with Crippen LogP contribution in [0.3, 0.4) is 0 Å². The normalized spacial score (nSPS) is 12.6. The molecule has 0 saturated heterocycles. The highest BCUT2D eigenvalue weighted by Crippen LogP contribution is 2.42. The first-order valence-corrected chi connectivity index (χ1v) is 22.9. The monoisotopic (exact) mass is 854 g/mol. The van der Waals surface area contributed by atoms with Gasteiger partial charge in [0.25, 0.3) is 6.33 Å². The molecule has 5 nitrogen and oxygen atoms in total. The van der Waals surface area contributed by atoms with E-state index in [9.17, 15) is 0 Å². The minimum Gasteiger partial charge on any atom is -0.458 e. The lowest BCUT2D eigenvalue weighted by atomic mass is 9.77. The summed E-state index contributed by atoms with van der Waals surface area (Å²) in [4.78, 5) is 4.91. The van der Waals surface area contributed by atoms with E-state index in [1.54, 1.807) is 0 Å². The quantitative estimate of drug-likeness (QED) is 0.118. The number of rotatable bonds is 7. The van der Waals surface area contributed by atoms with E-state index in [2.05, 4.69) is 255 Å². The predicted molar refractivity (Wildman–Crippen MR) is 270 cm³/mol. The van der Waals surface area contributed by atoms with E-state index in [-0.39, 0.29) is 21.7 Å². The molecular weight excluding hydrogens is 793 g/mol. The van der Waals surface area contributed by atoms with Crippen LogP contribution in [0.25, 0.3) is 61.3 Å². The first-order chi connectivity index (χ1) is 30.7. The second-order valence-electron chi connectivity index (χ2n) is 21.7. The van der Waals surface area contributed by atoms with Gasteiger partial charge in [-0.2, -0.15) is 0 Å². The number of aromatic nitrogens is 4. The molecule has 9 rings (SSSR count). The molecule has 0 radical (unpaired) electrons. The van der Waals surface area contributed by atoms with E-state index in [4.69, 9.17) is 9.72 Å². The SMILES string of the molecule is CC(C)(C)c1cc(Oc2ccc3c4ccccc4n(-c4cc(C(C)(C)C)ccn4)c3c2)cc(-n2[c-][n+](-c3cc(-c4ccccc4)c(C(C)(C)C)c(-c4ccccc4)c3)cc2C(C)(C)C)c1. The Morgan fingerprint density at radius 2 is 1.11 bits per heavy atom. The van der Waals surface area contributed by atoms with Gasteiger partial charge in [0.2, 0.25) is 0 Å². The van der Waals surface area contributed by atoms with Gasteiger partial charge in [-0.15, -0.1) is 0 Å². The van der Waals surface area contributed by atoms with E-state index in [0.717, 1.165) is 50.8 Å². The predicted octanol–water partition coefficient (Wildman–Crippen LogP) is 15.4. The number of imidazole rings is 1. The Labute approximate surface area is 386 Å². The van der Waals surface area contributed by atoms with E-state index in [1.165, 1.54) is 44.3 Å². The first-order valence-electron chi connectivity index (χ1n) is 22.9. The Kier molecular flexibility index (Phi) is 10.8. The Balaban J connectivity index is 1.20. The summed E-state index contributed by atoms with van der Waals surface area (Å²) in [6.07, 6.45) is 8.04. The fourth-order valence-electron chi connectivity index (χ4n) is 9.10. The van der Waals surface area contributed by atoms with Crippen molar-refractivity contribution in [2.75, 3.05) is 0 Å². The lowest BCUT2D eigenvalue weighted by molar-refractivity contribution is -0.599. The molecular formula is C60H62N4O. The van der Waals surface area contributed by atoms with Crippen LogP contribution in [0.2, 0.25) is 0 Å². The third kappa shape index (κ3) is 8.53. The minimum absolute atomic E-state index is 0.0170. The summed E-state index contributed by atoms with van der Waals surface area (Å²) in [7, 11) is 0. The van der Waals surface area contributed by atoms with Crippen LogP contribution in [0.15, 0.2) is 158 Å². The summed E-state index contributed by atoms with van der Waals surface area (Å²) in [5, 5.41) is 2.34. The summed E-state index contributed by atoms with van der Waals surface area (Å²) >= 11 is 0. The minimum atomic E-state index is -0.215. The average Bonchev–Trinajstić information content (AvgIpc) is 3.87. The van der Waals surface area contributed by atoms with Crippen LogP contribution in [-0.4, -0.2) is 14.1 Å². The van der Waals surface area contributed by atoms with Gasteiger partial charge in [0, 0.05) is 29.2 Å². The number of hydrogen-bond donors (Lipinski definition) is 0. The molecule has 0 aliphatic heterocycles. The summed E-state index contributed by atoms with van der Waals surface area (Å²) in [6, 6.07) is 52.3. The van der Waals surface area contributed by atoms with Crippen LogP contribution in [0, 0.1) is 6.33 Å². The topological polar surface area (TPSA) is 35.9 Å². The number of benzene rings is 6. The van der Waals surface area contributed by atoms with Gasteiger partial charge in [-0.25, -0.2) is 4.98 Å². The number of nitrogens with zero attached hydrogens (tertiary/aromatic N) is 4. The van der Waals surface area contributed by atoms with Crippen LogP contribution in [0.4, 0.5) is 0 Å². The van der Waals surface area contributed by atoms with E-state index in [0.29, 0.717) is 0 Å². The van der Waals surface area contributed by atoms with Crippen molar-refractivity contribution >= 4 is 21.8 Å². The van der Waals surface area contributed by atoms with Crippen LogP contribution in [-0.2, 0) is 21.7 Å². The highest BCUT2D eigenvalue weighted by molar-refractivity contribution is 6.09. The molecule has 0 amide bonds. The fraction of sp³-hybridized carbons (Fsp3) is 0.267. The smallest absolute Gasteiger partial charge is 0.269 e. The van der Waals surface area contributed by atoms with Gasteiger partial charge in [-0.3, -0.25) is 13.7 Å². The third-order valence-electron chi connectivity index (χ3n) is 12.5. The van der Waals surface area contributed by atoms with Crippen molar-refractivity contribution in [1.82, 2.24) is 14.1 Å². The second kappa shape index (κ2) is 16.1. The molecule has 0 fully saturated rings. The van der Waals surface area contributed by atoms with Gasteiger partial charge in [-0.05, 0) is 121 Å². The lowest BCUT2D eigenvalue weighted by Gasteiger charge is -2.28. The first kappa shape index (κ1) is 43.5. The van der Waals surface area contributed by atoms with E-state index in [1.807, 2.05) is 6.20 Å². The van der Waals surface area contributed by atoms with Crippen LogP contribution < -0.4 is 9.30 Å². The second-order valence-corrected chi connectivity index (χ2v) is 21.7. The summed E-state index contributed by atoms with van der Waals surface area (Å²) in [5.74, 6) is 2.42. The molecule has 3 aromatic heterocycles. The van der Waals surface area contributed by atoms with Crippen molar-refractivity contribution in [2.24, 2.45) is 0 Å². The highest BCUT2D eigenvalue weighted by Gasteiger charge is 2.28. The maximum Gasteiger partial charge on any atom is 0.269 e. The maximum atomic E-state index is 6.97. The maximum absolute atomic E-state index is 6.97. The van der Waals surface area contributed by atoms with Gasteiger partial charge in [0.05, 0.1) is 28.1 Å². The fourth-order valence-corrected chi connectivity index (χ4v) is 9.10. The van der Waals surface area contributed by atoms with Gasteiger partial charge >= 0.3 is 0 Å². The highest BCUT2D eigenvalue weighted by atomic mass is 16.5. The Bertz CT molecular complexity index is 3140. The molecule has 328 valence electrons. The molecule has 0 aliphatic carbocycles. The van der Waals surface area contributed by atoms with Crippen molar-refractivity contribution in [3.8, 4) is 50.9 Å². The number of ether oxygens (including phenoxy) is 1. The lowest BCUT2D eigenvalue weighted by Crippen LogP contribution is -2.29. The molecule has 0 saturated carbocycles. The van der Waals surface area contributed by atoms with Crippen molar-refractivity contribution in [1.29, 1.82) is 0 Å². The Hall–Kier alpha value is -6.72. The third-order valence-corrected chi connectivity index (χ3v) is 12.5. The zero-order valence-electron chi connectivity index (χ0n) is 40.2. The summed E-state index contributed by atoms with van der Waals surface area (Å²) < 4.78 is 13.7. The van der Waals surface area contributed by atoms with Gasteiger partial charge in [-0.1, -0.05) is 162 Å². The van der Waals surface area contributed by atoms with Gasteiger partial charge < -0.3 is 4.74 Å². The molecule has 9 aromatic rings. The molecule has 0 bridgehead atoms. The molecule has 0 spiro atoms. The zero-order chi connectivity index (χ0) is 46.1. The van der Waals surface area contributed by atoms with Crippen molar-refractivity contribution in [2.45, 2.75) is 105 Å². The Morgan fingerprint density at radius 1 is 0.508 bits per heavy atom. The molecule has 5 heteroatoms. The standard InChI is InChI=1S/C60H62N4O/c1-57(2,3)42-29-30-61-55(33-42)64-52-26-20-19-25-48(52)49-28-27-46(37-53(49)64)65-47-32-43(58(4,5)6)31-45(34-47)63-39-62(38-54(63)59(7,8)9)44-35-50(40-21-15-13-16-22-40)56(60(10,11)12)51(36-44)41-23-17-14-18-24-41/h13-38H,1-12H3. The van der Waals surface area contributed by atoms with Crippen molar-refractivity contribution in [3.63, 3.8) is 0 Å². The van der Waals surface area contributed by atoms with Crippen LogP contribution in [0.5, 0.6) is 11.5 Å².